The van der Waals surface area contributed by atoms with E-state index in [0.717, 1.165) is 6.42 Å². The average Bonchev–Trinajstić information content (AvgIpc) is 2.95. The molecule has 7 heteroatoms. The third-order valence-corrected chi connectivity index (χ3v) is 5.57. The van der Waals surface area contributed by atoms with Crippen molar-refractivity contribution < 1.29 is 12.8 Å². The molecule has 2 heterocycles. The zero-order chi connectivity index (χ0) is 14.2. The molecule has 19 heavy (non-hydrogen) atoms. The van der Waals surface area contributed by atoms with E-state index in [1.807, 2.05) is 14.1 Å². The van der Waals surface area contributed by atoms with Gasteiger partial charge in [0, 0.05) is 25.2 Å². The molecule has 0 saturated carbocycles. The van der Waals surface area contributed by atoms with Crippen LogP contribution in [0.15, 0.2) is 15.4 Å². The van der Waals surface area contributed by atoms with Crippen LogP contribution in [0.2, 0.25) is 0 Å². The van der Waals surface area contributed by atoms with E-state index in [0.29, 0.717) is 24.6 Å². The molecule has 1 atom stereocenters. The van der Waals surface area contributed by atoms with Crippen LogP contribution in [0.3, 0.4) is 0 Å². The van der Waals surface area contributed by atoms with E-state index in [9.17, 15) is 8.42 Å². The Bertz CT molecular complexity index is 551. The Labute approximate surface area is 114 Å². The van der Waals surface area contributed by atoms with Crippen LogP contribution in [-0.2, 0) is 16.6 Å². The smallest absolute Gasteiger partial charge is 0.246 e. The lowest BCUT2D eigenvalue weighted by atomic mass is 10.2. The van der Waals surface area contributed by atoms with Gasteiger partial charge in [-0.15, -0.1) is 0 Å². The predicted octanol–water partition coefficient (Wildman–Crippen LogP) is 0.371. The van der Waals surface area contributed by atoms with E-state index in [4.69, 9.17) is 10.2 Å². The van der Waals surface area contributed by atoms with E-state index >= 15 is 0 Å². The Morgan fingerprint density at radius 2 is 2.21 bits per heavy atom. The number of nitrogens with zero attached hydrogens (tertiary/aromatic N) is 2. The predicted molar refractivity (Wildman–Crippen MR) is 72.2 cm³/mol. The summed E-state index contributed by atoms with van der Waals surface area (Å²) in [6, 6.07) is 1.81. The number of sulfonamides is 1. The number of rotatable bonds is 4. The first-order valence-corrected chi connectivity index (χ1v) is 7.76. The molecule has 0 aromatic carbocycles. The minimum absolute atomic E-state index is 0.205. The van der Waals surface area contributed by atoms with Crippen molar-refractivity contribution in [3.8, 4) is 0 Å². The standard InChI is InChI=1S/C12H21N3O3S/c1-9-12(6-11(7-13)18-9)19(16,17)15-5-4-10(8-15)14(2)3/h6,10H,4-5,7-8,13H2,1-3H3. The van der Waals surface area contributed by atoms with Crippen molar-refractivity contribution in [1.82, 2.24) is 9.21 Å². The highest BCUT2D eigenvalue weighted by Crippen LogP contribution is 2.27. The first-order chi connectivity index (χ1) is 8.86. The lowest BCUT2D eigenvalue weighted by Gasteiger charge is -2.20. The summed E-state index contributed by atoms with van der Waals surface area (Å²) in [5.74, 6) is 0.910. The maximum atomic E-state index is 12.6. The summed E-state index contributed by atoms with van der Waals surface area (Å²) in [7, 11) is 0.470. The van der Waals surface area contributed by atoms with Crippen molar-refractivity contribution in [3.05, 3.63) is 17.6 Å². The van der Waals surface area contributed by atoms with E-state index in [-0.39, 0.29) is 17.5 Å². The van der Waals surface area contributed by atoms with Gasteiger partial charge in [0.25, 0.3) is 0 Å². The fraction of sp³-hybridized carbons (Fsp3) is 0.667. The zero-order valence-electron chi connectivity index (χ0n) is 11.6. The highest BCUT2D eigenvalue weighted by atomic mass is 32.2. The van der Waals surface area contributed by atoms with Gasteiger partial charge in [0.05, 0.1) is 6.54 Å². The number of aryl methyl sites for hydroxylation is 1. The van der Waals surface area contributed by atoms with Crippen LogP contribution in [0.25, 0.3) is 0 Å². The van der Waals surface area contributed by atoms with Crippen LogP contribution < -0.4 is 5.73 Å². The molecule has 0 aliphatic carbocycles. The maximum Gasteiger partial charge on any atom is 0.246 e. The van der Waals surface area contributed by atoms with E-state index in [1.54, 1.807) is 6.92 Å². The molecule has 2 rings (SSSR count). The van der Waals surface area contributed by atoms with Crippen molar-refractivity contribution in [2.45, 2.75) is 30.8 Å². The van der Waals surface area contributed by atoms with Gasteiger partial charge in [-0.05, 0) is 27.4 Å². The molecule has 2 N–H and O–H groups in total. The fourth-order valence-corrected chi connectivity index (χ4v) is 4.05. The Hall–Kier alpha value is -0.890. The minimum Gasteiger partial charge on any atom is -0.464 e. The molecule has 0 radical (unpaired) electrons. The molecular formula is C12H21N3O3S. The van der Waals surface area contributed by atoms with Crippen molar-refractivity contribution >= 4 is 10.0 Å². The second kappa shape index (κ2) is 5.24. The van der Waals surface area contributed by atoms with Crippen LogP contribution in [0.1, 0.15) is 17.9 Å². The molecule has 0 bridgehead atoms. The number of furan rings is 1. The zero-order valence-corrected chi connectivity index (χ0v) is 12.4. The summed E-state index contributed by atoms with van der Waals surface area (Å²) in [5, 5.41) is 0. The highest BCUT2D eigenvalue weighted by molar-refractivity contribution is 7.89. The molecule has 6 nitrogen and oxygen atoms in total. The minimum atomic E-state index is -3.47. The highest BCUT2D eigenvalue weighted by Gasteiger charge is 2.35. The van der Waals surface area contributed by atoms with Crippen LogP contribution in [-0.4, -0.2) is 50.8 Å². The van der Waals surface area contributed by atoms with Crippen molar-refractivity contribution in [2.24, 2.45) is 5.73 Å². The summed E-state index contributed by atoms with van der Waals surface area (Å²) in [6.07, 6.45) is 0.854. The second-order valence-electron chi connectivity index (χ2n) is 5.11. The molecule has 1 aromatic rings. The number of hydrogen-bond acceptors (Lipinski definition) is 5. The second-order valence-corrected chi connectivity index (χ2v) is 7.01. The summed E-state index contributed by atoms with van der Waals surface area (Å²) in [6.45, 7) is 2.94. The molecule has 1 unspecified atom stereocenters. The molecule has 1 fully saturated rings. The van der Waals surface area contributed by atoms with Crippen molar-refractivity contribution in [3.63, 3.8) is 0 Å². The fourth-order valence-electron chi connectivity index (χ4n) is 2.37. The SMILES string of the molecule is Cc1oc(CN)cc1S(=O)(=O)N1CCC(N(C)C)C1. The summed E-state index contributed by atoms with van der Waals surface area (Å²) >= 11 is 0. The summed E-state index contributed by atoms with van der Waals surface area (Å²) < 4.78 is 32.0. The normalized spacial score (nSPS) is 21.4. The van der Waals surface area contributed by atoms with Gasteiger partial charge in [-0.3, -0.25) is 0 Å². The van der Waals surface area contributed by atoms with Crippen LogP contribution in [0, 0.1) is 6.92 Å². The topological polar surface area (TPSA) is 79.8 Å². The van der Waals surface area contributed by atoms with Gasteiger partial charge in [0.2, 0.25) is 10.0 Å². The Balaban J connectivity index is 2.26. The van der Waals surface area contributed by atoms with Crippen molar-refractivity contribution in [1.29, 1.82) is 0 Å². The van der Waals surface area contributed by atoms with Gasteiger partial charge in [-0.1, -0.05) is 0 Å². The maximum absolute atomic E-state index is 12.6. The quantitative estimate of drug-likeness (QED) is 0.865. The van der Waals surface area contributed by atoms with E-state index < -0.39 is 10.0 Å². The lowest BCUT2D eigenvalue weighted by molar-refractivity contribution is 0.302. The van der Waals surface area contributed by atoms with Gasteiger partial charge >= 0.3 is 0 Å². The Morgan fingerprint density at radius 3 is 2.68 bits per heavy atom. The van der Waals surface area contributed by atoms with Crippen LogP contribution in [0.4, 0.5) is 0 Å². The molecule has 1 aliphatic rings. The number of nitrogens with two attached hydrogens (primary N) is 1. The third-order valence-electron chi connectivity index (χ3n) is 3.60. The molecule has 108 valence electrons. The van der Waals surface area contributed by atoms with Crippen LogP contribution in [0.5, 0.6) is 0 Å². The van der Waals surface area contributed by atoms with Gasteiger partial charge < -0.3 is 15.1 Å². The van der Waals surface area contributed by atoms with E-state index in [1.165, 1.54) is 10.4 Å². The first-order valence-electron chi connectivity index (χ1n) is 6.32. The van der Waals surface area contributed by atoms with E-state index in [2.05, 4.69) is 4.90 Å². The molecular weight excluding hydrogens is 266 g/mol. The monoisotopic (exact) mass is 287 g/mol. The average molecular weight is 287 g/mol. The lowest BCUT2D eigenvalue weighted by Crippen LogP contribution is -2.34. The van der Waals surface area contributed by atoms with Gasteiger partial charge in [0.15, 0.2) is 0 Å². The van der Waals surface area contributed by atoms with Crippen LogP contribution >= 0.6 is 0 Å². The summed E-state index contributed by atoms with van der Waals surface area (Å²) in [5.41, 5.74) is 5.48. The Morgan fingerprint density at radius 1 is 1.53 bits per heavy atom. The third kappa shape index (κ3) is 2.69. The largest absolute Gasteiger partial charge is 0.464 e. The number of hydrogen-bond donors (Lipinski definition) is 1. The molecule has 1 aliphatic heterocycles. The van der Waals surface area contributed by atoms with Gasteiger partial charge in [0.1, 0.15) is 16.4 Å². The molecule has 0 spiro atoms. The van der Waals surface area contributed by atoms with Crippen molar-refractivity contribution in [2.75, 3.05) is 27.2 Å². The molecule has 1 aromatic heterocycles. The molecule has 1 saturated heterocycles. The van der Waals surface area contributed by atoms with Gasteiger partial charge in [-0.25, -0.2) is 8.42 Å². The number of likely N-dealkylation sites (N-methyl/N-ethyl adjacent to an activating group) is 1. The molecule has 0 amide bonds. The van der Waals surface area contributed by atoms with Gasteiger partial charge in [-0.2, -0.15) is 4.31 Å². The summed E-state index contributed by atoms with van der Waals surface area (Å²) in [4.78, 5) is 2.30. The Kier molecular flexibility index (Phi) is 4.00. The first kappa shape index (κ1) is 14.5.